The average Bonchev–Trinajstić information content (AvgIpc) is 2.64. The molecular formula is C23H27F3N2O2. The zero-order valence-electron chi connectivity index (χ0n) is 17.4. The van der Waals surface area contributed by atoms with Crippen molar-refractivity contribution in [2.45, 2.75) is 77.2 Å². The minimum atomic E-state index is -4.48. The Hall–Kier alpha value is -1.99. The first-order valence-electron chi connectivity index (χ1n) is 10.4. The highest BCUT2D eigenvalue weighted by Crippen LogP contribution is 2.54. The Morgan fingerprint density at radius 1 is 1.20 bits per heavy atom. The van der Waals surface area contributed by atoms with Crippen LogP contribution < -0.4 is 0 Å². The van der Waals surface area contributed by atoms with Crippen LogP contribution in [0.4, 0.5) is 13.2 Å². The topological polar surface area (TPSA) is 66.2 Å². The predicted octanol–water partition coefficient (Wildman–Crippen LogP) is 5.16. The van der Waals surface area contributed by atoms with Crippen molar-refractivity contribution in [2.24, 2.45) is 5.41 Å². The van der Waals surface area contributed by atoms with Crippen molar-refractivity contribution in [1.29, 1.82) is 0 Å². The van der Waals surface area contributed by atoms with Crippen LogP contribution in [0.25, 0.3) is 0 Å². The fourth-order valence-corrected chi connectivity index (χ4v) is 5.06. The van der Waals surface area contributed by atoms with Crippen LogP contribution in [0.15, 0.2) is 18.3 Å². The van der Waals surface area contributed by atoms with Crippen LogP contribution in [-0.2, 0) is 12.6 Å². The molecule has 2 aliphatic rings. The second kappa shape index (κ2) is 7.31. The van der Waals surface area contributed by atoms with Gasteiger partial charge in [-0.2, -0.15) is 13.2 Å². The summed E-state index contributed by atoms with van der Waals surface area (Å²) >= 11 is 0. The minimum Gasteiger partial charge on any atom is -0.388 e. The standard InChI is InChI=1S/C23H27F3N2O2/c1-12(2)20-19(21(30)15-6-5-14(11-27-15)23(24,25)26)13(3)18-16(28-20)9-22(7-4-8-22)10-17(18)29/h5-6,11-12,17,21,29-30H,4,7-10H2,1-3H3. The van der Waals surface area contributed by atoms with Crippen LogP contribution >= 0.6 is 0 Å². The van der Waals surface area contributed by atoms with E-state index in [9.17, 15) is 23.4 Å². The second-order valence-corrected chi connectivity index (χ2v) is 9.17. The van der Waals surface area contributed by atoms with Crippen LogP contribution in [0, 0.1) is 12.3 Å². The highest BCUT2D eigenvalue weighted by molar-refractivity contribution is 5.47. The van der Waals surface area contributed by atoms with Crippen molar-refractivity contribution in [3.8, 4) is 0 Å². The lowest BCUT2D eigenvalue weighted by atomic mass is 9.59. The van der Waals surface area contributed by atoms with Gasteiger partial charge >= 0.3 is 6.18 Å². The molecule has 0 bridgehead atoms. The third-order valence-corrected chi connectivity index (χ3v) is 6.78. The van der Waals surface area contributed by atoms with Gasteiger partial charge in [0.25, 0.3) is 0 Å². The molecule has 0 amide bonds. The molecule has 1 saturated carbocycles. The molecule has 4 rings (SSSR count). The van der Waals surface area contributed by atoms with E-state index in [4.69, 9.17) is 4.98 Å². The number of aromatic nitrogens is 2. The number of aliphatic hydroxyl groups excluding tert-OH is 2. The molecule has 2 heterocycles. The smallest absolute Gasteiger partial charge is 0.388 e. The molecular weight excluding hydrogens is 393 g/mol. The van der Waals surface area contributed by atoms with Gasteiger partial charge in [0.1, 0.15) is 6.10 Å². The predicted molar refractivity (Wildman–Crippen MR) is 106 cm³/mol. The summed E-state index contributed by atoms with van der Waals surface area (Å²) in [6.07, 6.45) is -0.707. The first kappa shape index (κ1) is 21.2. The van der Waals surface area contributed by atoms with Crippen LogP contribution in [0.2, 0.25) is 0 Å². The van der Waals surface area contributed by atoms with Crippen molar-refractivity contribution in [3.05, 3.63) is 57.7 Å². The molecule has 2 atom stereocenters. The number of hydrogen-bond acceptors (Lipinski definition) is 4. The number of hydrogen-bond donors (Lipinski definition) is 2. The molecule has 2 unspecified atom stereocenters. The van der Waals surface area contributed by atoms with E-state index in [0.29, 0.717) is 17.7 Å². The van der Waals surface area contributed by atoms with Crippen molar-refractivity contribution >= 4 is 0 Å². The van der Waals surface area contributed by atoms with Crippen LogP contribution in [0.5, 0.6) is 0 Å². The third kappa shape index (κ3) is 3.52. The molecule has 2 aromatic heterocycles. The van der Waals surface area contributed by atoms with E-state index in [1.165, 1.54) is 12.5 Å². The number of alkyl halides is 3. The van der Waals surface area contributed by atoms with Gasteiger partial charge < -0.3 is 10.2 Å². The zero-order valence-corrected chi connectivity index (χ0v) is 17.4. The monoisotopic (exact) mass is 420 g/mol. The third-order valence-electron chi connectivity index (χ3n) is 6.78. The Morgan fingerprint density at radius 2 is 1.90 bits per heavy atom. The lowest BCUT2D eigenvalue weighted by Crippen LogP contribution is -2.38. The summed E-state index contributed by atoms with van der Waals surface area (Å²) < 4.78 is 38.6. The summed E-state index contributed by atoms with van der Waals surface area (Å²) in [5, 5.41) is 22.0. The molecule has 7 heteroatoms. The van der Waals surface area contributed by atoms with E-state index >= 15 is 0 Å². The molecule has 2 aliphatic carbocycles. The van der Waals surface area contributed by atoms with E-state index in [2.05, 4.69) is 4.98 Å². The first-order chi connectivity index (χ1) is 14.0. The van der Waals surface area contributed by atoms with Crippen molar-refractivity contribution in [1.82, 2.24) is 9.97 Å². The van der Waals surface area contributed by atoms with Gasteiger partial charge in [0.2, 0.25) is 0 Å². The van der Waals surface area contributed by atoms with Crippen molar-refractivity contribution in [2.75, 3.05) is 0 Å². The Bertz CT molecular complexity index is 950. The summed E-state index contributed by atoms with van der Waals surface area (Å²) in [6, 6.07) is 2.13. The zero-order chi connectivity index (χ0) is 21.8. The molecule has 4 nitrogen and oxygen atoms in total. The number of halogens is 3. The second-order valence-electron chi connectivity index (χ2n) is 9.17. The van der Waals surface area contributed by atoms with Gasteiger partial charge in [-0.1, -0.05) is 20.3 Å². The Labute approximate surface area is 174 Å². The lowest BCUT2D eigenvalue weighted by molar-refractivity contribution is -0.137. The van der Waals surface area contributed by atoms with Gasteiger partial charge in [0.05, 0.1) is 17.4 Å². The maximum Gasteiger partial charge on any atom is 0.417 e. The molecule has 2 aromatic rings. The molecule has 0 aliphatic heterocycles. The van der Waals surface area contributed by atoms with E-state index in [0.717, 1.165) is 48.3 Å². The number of aliphatic hydroxyl groups is 2. The summed E-state index contributed by atoms with van der Waals surface area (Å²) in [6.45, 7) is 5.81. The number of rotatable bonds is 3. The average molecular weight is 420 g/mol. The molecule has 0 saturated heterocycles. The van der Waals surface area contributed by atoms with Crippen molar-refractivity contribution in [3.63, 3.8) is 0 Å². The Balaban J connectivity index is 1.78. The first-order valence-corrected chi connectivity index (χ1v) is 10.4. The summed E-state index contributed by atoms with van der Waals surface area (Å²) in [7, 11) is 0. The van der Waals surface area contributed by atoms with Gasteiger partial charge in [0.15, 0.2) is 0 Å². The fourth-order valence-electron chi connectivity index (χ4n) is 5.06. The van der Waals surface area contributed by atoms with Crippen LogP contribution in [0.3, 0.4) is 0 Å². The molecule has 2 N–H and O–H groups in total. The van der Waals surface area contributed by atoms with Gasteiger partial charge in [-0.15, -0.1) is 0 Å². The van der Waals surface area contributed by atoms with Crippen LogP contribution in [0.1, 0.15) is 97.0 Å². The van der Waals surface area contributed by atoms with Crippen molar-refractivity contribution < 1.29 is 23.4 Å². The van der Waals surface area contributed by atoms with E-state index in [-0.39, 0.29) is 17.0 Å². The van der Waals surface area contributed by atoms with E-state index in [1.807, 2.05) is 20.8 Å². The normalized spacial score (nSPS) is 21.4. The molecule has 1 fully saturated rings. The largest absolute Gasteiger partial charge is 0.417 e. The highest BCUT2D eigenvalue weighted by atomic mass is 19.4. The lowest BCUT2D eigenvalue weighted by Gasteiger charge is -2.47. The molecule has 162 valence electrons. The SMILES string of the molecule is Cc1c2c(nc(C(C)C)c1C(O)c1ccc(C(F)(F)F)cn1)CC1(CCC1)CC2O. The highest BCUT2D eigenvalue weighted by Gasteiger charge is 2.45. The van der Waals surface area contributed by atoms with E-state index < -0.39 is 23.9 Å². The van der Waals surface area contributed by atoms with Gasteiger partial charge in [-0.05, 0) is 61.6 Å². The van der Waals surface area contributed by atoms with Gasteiger partial charge in [-0.3, -0.25) is 9.97 Å². The number of fused-ring (bicyclic) bond motifs is 1. The molecule has 30 heavy (non-hydrogen) atoms. The number of pyridine rings is 2. The quantitative estimate of drug-likeness (QED) is 0.720. The maximum atomic E-state index is 12.9. The van der Waals surface area contributed by atoms with Gasteiger partial charge in [-0.25, -0.2) is 0 Å². The molecule has 1 spiro atoms. The van der Waals surface area contributed by atoms with Gasteiger partial charge in [0, 0.05) is 28.7 Å². The van der Waals surface area contributed by atoms with Crippen LogP contribution in [-0.4, -0.2) is 20.2 Å². The fraction of sp³-hybridized carbons (Fsp3) is 0.565. The summed E-state index contributed by atoms with van der Waals surface area (Å²) in [5.41, 5.74) is 3.08. The molecule has 0 aromatic carbocycles. The van der Waals surface area contributed by atoms with E-state index in [1.54, 1.807) is 0 Å². The maximum absolute atomic E-state index is 12.9. The number of nitrogens with zero attached hydrogens (tertiary/aromatic N) is 2. The summed E-state index contributed by atoms with van der Waals surface area (Å²) in [4.78, 5) is 8.76. The minimum absolute atomic E-state index is 0.00417. The Kier molecular flexibility index (Phi) is 5.18. The Morgan fingerprint density at radius 3 is 2.40 bits per heavy atom. The molecule has 0 radical (unpaired) electrons. The summed E-state index contributed by atoms with van der Waals surface area (Å²) in [5.74, 6) is 0.00417.